The van der Waals surface area contributed by atoms with Crippen molar-refractivity contribution in [1.82, 2.24) is 9.97 Å². The van der Waals surface area contributed by atoms with Gasteiger partial charge in [0.05, 0.1) is 21.4 Å². The van der Waals surface area contributed by atoms with E-state index in [9.17, 15) is 18.0 Å². The lowest BCUT2D eigenvalue weighted by Crippen LogP contribution is -2.15. The van der Waals surface area contributed by atoms with Gasteiger partial charge < -0.3 is 5.32 Å². The molecule has 0 radical (unpaired) electrons. The number of rotatable bonds is 4. The average molecular weight is 382 g/mol. The van der Waals surface area contributed by atoms with Crippen LogP contribution in [-0.2, 0) is 11.0 Å². The number of nitrogens with zero attached hydrogens (tertiary/aromatic N) is 2. The largest absolute Gasteiger partial charge is 0.417 e. The van der Waals surface area contributed by atoms with E-state index >= 15 is 0 Å². The minimum Gasteiger partial charge on any atom is -0.310 e. The van der Waals surface area contributed by atoms with Crippen molar-refractivity contribution in [3.05, 3.63) is 46.2 Å². The molecule has 0 fully saturated rings. The van der Waals surface area contributed by atoms with Gasteiger partial charge in [-0.1, -0.05) is 35.0 Å². The molecule has 0 bridgehead atoms. The number of halogens is 5. The van der Waals surface area contributed by atoms with Gasteiger partial charge in [0.2, 0.25) is 5.91 Å². The van der Waals surface area contributed by atoms with E-state index in [-0.39, 0.29) is 15.8 Å². The molecule has 122 valence electrons. The van der Waals surface area contributed by atoms with E-state index in [1.165, 1.54) is 12.3 Å². The van der Waals surface area contributed by atoms with E-state index in [0.29, 0.717) is 17.0 Å². The first kappa shape index (κ1) is 17.8. The maximum Gasteiger partial charge on any atom is 0.417 e. The number of carbonyl (C=O) groups excluding carboxylic acids is 1. The summed E-state index contributed by atoms with van der Waals surface area (Å²) in [6.45, 7) is 0. The van der Waals surface area contributed by atoms with Crippen LogP contribution in [-0.4, -0.2) is 21.6 Å². The minimum absolute atomic E-state index is 0.0810. The van der Waals surface area contributed by atoms with Crippen LogP contribution in [0.5, 0.6) is 0 Å². The molecule has 0 saturated carbocycles. The van der Waals surface area contributed by atoms with Crippen LogP contribution in [0, 0.1) is 0 Å². The topological polar surface area (TPSA) is 54.9 Å². The Labute approximate surface area is 143 Å². The molecule has 2 aromatic rings. The molecule has 0 unspecified atom stereocenters. The van der Waals surface area contributed by atoms with Crippen molar-refractivity contribution < 1.29 is 18.0 Å². The van der Waals surface area contributed by atoms with Gasteiger partial charge in [-0.2, -0.15) is 13.2 Å². The Morgan fingerprint density at radius 3 is 2.52 bits per heavy atom. The molecule has 0 aromatic carbocycles. The third-order valence-corrected chi connectivity index (χ3v) is 4.10. The molecule has 2 aromatic heterocycles. The number of hydrogen-bond donors (Lipinski definition) is 1. The van der Waals surface area contributed by atoms with Crippen LogP contribution in [0.1, 0.15) is 5.56 Å². The summed E-state index contributed by atoms with van der Waals surface area (Å²) in [5, 5.41) is 2.92. The lowest BCUT2D eigenvalue weighted by molar-refractivity contribution is -0.137. The molecular formula is C13H8Cl2F3N3OS. The highest BCUT2D eigenvalue weighted by atomic mass is 35.5. The zero-order valence-corrected chi connectivity index (χ0v) is 13.5. The summed E-state index contributed by atoms with van der Waals surface area (Å²) in [6, 6.07) is 3.86. The lowest BCUT2D eigenvalue weighted by atomic mass is 10.3. The highest BCUT2D eigenvalue weighted by molar-refractivity contribution is 8.00. The monoisotopic (exact) mass is 381 g/mol. The fraction of sp³-hybridized carbons (Fsp3) is 0.154. The molecule has 0 saturated heterocycles. The Kier molecular flexibility index (Phi) is 5.72. The van der Waals surface area contributed by atoms with Gasteiger partial charge in [0, 0.05) is 12.4 Å². The standard InChI is InChI=1S/C13H8Cl2F3N3OS/c14-8-1-2-10(19-5-8)21-11(22)6-23-12-9(15)3-7(4-20-12)13(16,17)18/h1-5H,6H2,(H,19,21,22). The van der Waals surface area contributed by atoms with Gasteiger partial charge in [-0.3, -0.25) is 4.79 Å². The van der Waals surface area contributed by atoms with Crippen molar-refractivity contribution in [1.29, 1.82) is 0 Å². The fourth-order valence-corrected chi connectivity index (χ4v) is 2.56. The molecule has 0 aliphatic carbocycles. The second-order valence-corrected chi connectivity index (χ2v) is 6.01. The van der Waals surface area contributed by atoms with Crippen molar-refractivity contribution in [2.24, 2.45) is 0 Å². The van der Waals surface area contributed by atoms with Crippen LogP contribution in [0.25, 0.3) is 0 Å². The van der Waals surface area contributed by atoms with Crippen molar-refractivity contribution in [2.45, 2.75) is 11.2 Å². The summed E-state index contributed by atoms with van der Waals surface area (Å²) in [5.74, 6) is -0.170. The second kappa shape index (κ2) is 7.37. The van der Waals surface area contributed by atoms with E-state index in [2.05, 4.69) is 15.3 Å². The van der Waals surface area contributed by atoms with Crippen LogP contribution in [0.15, 0.2) is 35.6 Å². The van der Waals surface area contributed by atoms with Crippen molar-refractivity contribution in [3.8, 4) is 0 Å². The van der Waals surface area contributed by atoms with Crippen molar-refractivity contribution in [2.75, 3.05) is 11.1 Å². The van der Waals surface area contributed by atoms with E-state index in [0.717, 1.165) is 17.8 Å². The minimum atomic E-state index is -4.52. The third kappa shape index (κ3) is 5.26. The zero-order chi connectivity index (χ0) is 17.0. The van der Waals surface area contributed by atoms with Crippen LogP contribution in [0.2, 0.25) is 10.0 Å². The average Bonchev–Trinajstić information content (AvgIpc) is 2.47. The molecular weight excluding hydrogens is 374 g/mol. The Balaban J connectivity index is 1.95. The zero-order valence-electron chi connectivity index (χ0n) is 11.2. The highest BCUT2D eigenvalue weighted by Crippen LogP contribution is 2.33. The van der Waals surface area contributed by atoms with E-state index < -0.39 is 17.6 Å². The molecule has 0 aliphatic heterocycles. The first-order valence-electron chi connectivity index (χ1n) is 6.02. The third-order valence-electron chi connectivity index (χ3n) is 2.47. The van der Waals surface area contributed by atoms with Crippen LogP contribution in [0.4, 0.5) is 19.0 Å². The Morgan fingerprint density at radius 1 is 1.22 bits per heavy atom. The highest BCUT2D eigenvalue weighted by Gasteiger charge is 2.31. The van der Waals surface area contributed by atoms with Crippen molar-refractivity contribution in [3.63, 3.8) is 0 Å². The van der Waals surface area contributed by atoms with Crippen LogP contribution >= 0.6 is 35.0 Å². The molecule has 1 amide bonds. The predicted octanol–water partition coefficient (Wildman–Crippen LogP) is 4.53. The quantitative estimate of drug-likeness (QED) is 0.790. The van der Waals surface area contributed by atoms with Gasteiger partial charge in [0.25, 0.3) is 0 Å². The van der Waals surface area contributed by atoms with Gasteiger partial charge in [-0.15, -0.1) is 0 Å². The molecule has 10 heteroatoms. The molecule has 0 aliphatic rings. The number of aromatic nitrogens is 2. The molecule has 0 atom stereocenters. The fourth-order valence-electron chi connectivity index (χ4n) is 1.45. The Hall–Kier alpha value is -1.51. The molecule has 1 N–H and O–H groups in total. The molecule has 4 nitrogen and oxygen atoms in total. The van der Waals surface area contributed by atoms with Gasteiger partial charge in [-0.25, -0.2) is 9.97 Å². The molecule has 2 rings (SSSR count). The predicted molar refractivity (Wildman–Crippen MR) is 82.8 cm³/mol. The molecule has 2 heterocycles. The maximum absolute atomic E-state index is 12.5. The number of nitrogens with one attached hydrogen (secondary N) is 1. The first-order chi connectivity index (χ1) is 10.8. The number of anilines is 1. The van der Waals surface area contributed by atoms with Crippen molar-refractivity contribution >= 4 is 46.7 Å². The normalized spacial score (nSPS) is 11.3. The van der Waals surface area contributed by atoms with Crippen LogP contribution < -0.4 is 5.32 Å². The number of carbonyl (C=O) groups is 1. The number of thioether (sulfide) groups is 1. The first-order valence-corrected chi connectivity index (χ1v) is 7.77. The number of hydrogen-bond acceptors (Lipinski definition) is 4. The molecule has 23 heavy (non-hydrogen) atoms. The number of amides is 1. The van der Waals surface area contributed by atoms with E-state index in [4.69, 9.17) is 23.2 Å². The SMILES string of the molecule is O=C(CSc1ncc(C(F)(F)F)cc1Cl)Nc1ccc(Cl)cn1. The molecule has 0 spiro atoms. The lowest BCUT2D eigenvalue weighted by Gasteiger charge is -2.09. The van der Waals surface area contributed by atoms with Gasteiger partial charge >= 0.3 is 6.18 Å². The summed E-state index contributed by atoms with van der Waals surface area (Å²) in [7, 11) is 0. The summed E-state index contributed by atoms with van der Waals surface area (Å²) < 4.78 is 37.5. The summed E-state index contributed by atoms with van der Waals surface area (Å²) in [6.07, 6.45) is -2.47. The number of pyridine rings is 2. The Bertz CT molecular complexity index is 711. The second-order valence-electron chi connectivity index (χ2n) is 4.21. The van der Waals surface area contributed by atoms with E-state index in [1.54, 1.807) is 6.07 Å². The van der Waals surface area contributed by atoms with Gasteiger partial charge in [0.1, 0.15) is 10.8 Å². The smallest absolute Gasteiger partial charge is 0.310 e. The number of alkyl halides is 3. The summed E-state index contributed by atoms with van der Waals surface area (Å²) >= 11 is 12.3. The maximum atomic E-state index is 12.5. The van der Waals surface area contributed by atoms with Crippen LogP contribution in [0.3, 0.4) is 0 Å². The van der Waals surface area contributed by atoms with Gasteiger partial charge in [0.15, 0.2) is 0 Å². The Morgan fingerprint density at radius 2 is 1.96 bits per heavy atom. The summed E-state index contributed by atoms with van der Waals surface area (Å²) in [4.78, 5) is 19.3. The van der Waals surface area contributed by atoms with E-state index in [1.807, 2.05) is 0 Å². The van der Waals surface area contributed by atoms with Gasteiger partial charge in [-0.05, 0) is 18.2 Å². The summed E-state index contributed by atoms with van der Waals surface area (Å²) in [5.41, 5.74) is -0.943.